The van der Waals surface area contributed by atoms with Crippen molar-refractivity contribution in [3.8, 4) is 0 Å². The molecule has 0 amide bonds. The Labute approximate surface area is 94.5 Å². The van der Waals surface area contributed by atoms with Crippen molar-refractivity contribution in [1.82, 2.24) is 5.32 Å². The Hall–Kier alpha value is -0.290. The zero-order valence-corrected chi connectivity index (χ0v) is 9.65. The second kappa shape index (κ2) is 6.45. The maximum Gasteiger partial charge on any atom is 0.390 e. The second-order valence-corrected chi connectivity index (χ2v) is 4.32. The minimum Gasteiger partial charge on any atom is -0.378 e. The molecule has 1 aliphatic rings. The molecule has 0 radical (unpaired) electrons. The summed E-state index contributed by atoms with van der Waals surface area (Å²) in [4.78, 5) is 0. The fourth-order valence-electron chi connectivity index (χ4n) is 2.01. The number of ether oxygens (including phenoxy) is 1. The minimum absolute atomic E-state index is 0.0208. The van der Waals surface area contributed by atoms with Gasteiger partial charge in [-0.2, -0.15) is 13.2 Å². The predicted molar refractivity (Wildman–Crippen MR) is 56.3 cm³/mol. The van der Waals surface area contributed by atoms with Crippen LogP contribution in [0, 0.1) is 0 Å². The molecule has 0 aliphatic carbocycles. The Balaban J connectivity index is 2.16. The van der Waals surface area contributed by atoms with Crippen LogP contribution < -0.4 is 5.32 Å². The van der Waals surface area contributed by atoms with E-state index in [-0.39, 0.29) is 18.7 Å². The zero-order chi connectivity index (χ0) is 12.0. The van der Waals surface area contributed by atoms with Crippen LogP contribution in [0.4, 0.5) is 13.2 Å². The molecule has 0 spiro atoms. The van der Waals surface area contributed by atoms with Gasteiger partial charge in [-0.05, 0) is 19.3 Å². The Morgan fingerprint density at radius 3 is 2.75 bits per heavy atom. The molecule has 96 valence electrons. The van der Waals surface area contributed by atoms with E-state index in [4.69, 9.17) is 4.74 Å². The fraction of sp³-hybridized carbons (Fsp3) is 1.00. The molecule has 1 saturated heterocycles. The summed E-state index contributed by atoms with van der Waals surface area (Å²) < 4.78 is 41.4. The number of hydrogen-bond acceptors (Lipinski definition) is 2. The molecule has 5 heteroatoms. The van der Waals surface area contributed by atoms with E-state index in [2.05, 4.69) is 12.2 Å². The first-order valence-electron chi connectivity index (χ1n) is 5.93. The van der Waals surface area contributed by atoms with Gasteiger partial charge in [0, 0.05) is 19.2 Å². The average molecular weight is 239 g/mol. The summed E-state index contributed by atoms with van der Waals surface area (Å²) in [6, 6.07) is 0.188. The minimum atomic E-state index is -4.05. The molecule has 1 N–H and O–H groups in total. The Morgan fingerprint density at radius 1 is 1.38 bits per heavy atom. The van der Waals surface area contributed by atoms with Crippen LogP contribution in [0.15, 0.2) is 0 Å². The van der Waals surface area contributed by atoms with Crippen LogP contribution in [-0.2, 0) is 4.74 Å². The summed E-state index contributed by atoms with van der Waals surface area (Å²) in [5.41, 5.74) is 0. The molecule has 2 nitrogen and oxygen atoms in total. The van der Waals surface area contributed by atoms with Crippen LogP contribution in [0.1, 0.15) is 39.0 Å². The Morgan fingerprint density at radius 2 is 2.12 bits per heavy atom. The van der Waals surface area contributed by atoms with Crippen molar-refractivity contribution in [2.75, 3.05) is 13.2 Å². The largest absolute Gasteiger partial charge is 0.390 e. The van der Waals surface area contributed by atoms with Crippen molar-refractivity contribution in [3.63, 3.8) is 0 Å². The highest BCUT2D eigenvalue weighted by atomic mass is 19.4. The number of halogens is 3. The van der Waals surface area contributed by atoms with Crippen molar-refractivity contribution in [3.05, 3.63) is 0 Å². The van der Waals surface area contributed by atoms with Crippen molar-refractivity contribution in [1.29, 1.82) is 0 Å². The number of nitrogens with one attached hydrogen (secondary N) is 1. The molecule has 16 heavy (non-hydrogen) atoms. The van der Waals surface area contributed by atoms with Gasteiger partial charge in [0.15, 0.2) is 0 Å². The number of rotatable bonds is 5. The van der Waals surface area contributed by atoms with E-state index in [1.54, 1.807) is 0 Å². The Bertz CT molecular complexity index is 194. The standard InChI is InChI=1S/C11H20F3NO/c1-2-3-10-8-9(4-7-16-10)15-6-5-11(12,13)14/h9-10,15H,2-8H2,1H3. The highest BCUT2D eigenvalue weighted by molar-refractivity contribution is 4.76. The van der Waals surface area contributed by atoms with Gasteiger partial charge in [0.1, 0.15) is 0 Å². The third-order valence-corrected chi connectivity index (χ3v) is 2.82. The monoisotopic (exact) mass is 239 g/mol. The summed E-state index contributed by atoms with van der Waals surface area (Å²) in [6.07, 6.45) is -0.868. The molecule has 2 atom stereocenters. The molecule has 0 aromatic heterocycles. The normalized spacial score (nSPS) is 27.0. The molecular weight excluding hydrogens is 219 g/mol. The summed E-state index contributed by atoms with van der Waals surface area (Å²) >= 11 is 0. The molecule has 1 fully saturated rings. The van der Waals surface area contributed by atoms with E-state index in [9.17, 15) is 13.2 Å². The van der Waals surface area contributed by atoms with Crippen LogP contribution >= 0.6 is 0 Å². The first-order valence-corrected chi connectivity index (χ1v) is 5.93. The summed E-state index contributed by atoms with van der Waals surface area (Å²) in [5.74, 6) is 0. The summed E-state index contributed by atoms with van der Waals surface area (Å²) in [5, 5.41) is 2.97. The van der Waals surface area contributed by atoms with Crippen LogP contribution in [0.3, 0.4) is 0 Å². The van der Waals surface area contributed by atoms with Gasteiger partial charge < -0.3 is 10.1 Å². The van der Waals surface area contributed by atoms with Crippen molar-refractivity contribution < 1.29 is 17.9 Å². The van der Waals surface area contributed by atoms with E-state index in [1.165, 1.54) is 0 Å². The van der Waals surface area contributed by atoms with Gasteiger partial charge in [0.2, 0.25) is 0 Å². The lowest BCUT2D eigenvalue weighted by molar-refractivity contribution is -0.134. The lowest BCUT2D eigenvalue weighted by atomic mass is 10.00. The van der Waals surface area contributed by atoms with E-state index in [0.717, 1.165) is 25.7 Å². The summed E-state index contributed by atoms with van der Waals surface area (Å²) in [7, 11) is 0. The van der Waals surface area contributed by atoms with Crippen molar-refractivity contribution in [2.45, 2.75) is 57.3 Å². The molecule has 1 heterocycles. The fourth-order valence-corrected chi connectivity index (χ4v) is 2.01. The maximum absolute atomic E-state index is 11.9. The van der Waals surface area contributed by atoms with E-state index >= 15 is 0 Å². The topological polar surface area (TPSA) is 21.3 Å². The third kappa shape index (κ3) is 5.70. The van der Waals surface area contributed by atoms with Gasteiger partial charge in [-0.25, -0.2) is 0 Å². The third-order valence-electron chi connectivity index (χ3n) is 2.82. The SMILES string of the molecule is CCCC1CC(NCCC(F)(F)F)CCO1. The first kappa shape index (κ1) is 13.8. The van der Waals surface area contributed by atoms with Gasteiger partial charge >= 0.3 is 6.18 Å². The molecule has 0 aromatic rings. The van der Waals surface area contributed by atoms with Crippen LogP contribution in [0.2, 0.25) is 0 Å². The van der Waals surface area contributed by atoms with E-state index < -0.39 is 12.6 Å². The maximum atomic E-state index is 11.9. The molecule has 1 aliphatic heterocycles. The molecule has 0 aromatic carbocycles. The highest BCUT2D eigenvalue weighted by Gasteiger charge is 2.27. The zero-order valence-electron chi connectivity index (χ0n) is 9.65. The number of alkyl halides is 3. The van der Waals surface area contributed by atoms with E-state index in [1.807, 2.05) is 0 Å². The van der Waals surface area contributed by atoms with Gasteiger partial charge in [0.25, 0.3) is 0 Å². The highest BCUT2D eigenvalue weighted by Crippen LogP contribution is 2.20. The smallest absolute Gasteiger partial charge is 0.378 e. The van der Waals surface area contributed by atoms with Crippen LogP contribution in [-0.4, -0.2) is 31.5 Å². The average Bonchev–Trinajstić information content (AvgIpc) is 2.17. The molecule has 0 saturated carbocycles. The first-order chi connectivity index (χ1) is 7.51. The van der Waals surface area contributed by atoms with Crippen LogP contribution in [0.5, 0.6) is 0 Å². The van der Waals surface area contributed by atoms with Crippen molar-refractivity contribution >= 4 is 0 Å². The van der Waals surface area contributed by atoms with E-state index in [0.29, 0.717) is 6.61 Å². The predicted octanol–water partition coefficient (Wildman–Crippen LogP) is 2.88. The van der Waals surface area contributed by atoms with Crippen LogP contribution in [0.25, 0.3) is 0 Å². The van der Waals surface area contributed by atoms with Crippen molar-refractivity contribution in [2.24, 2.45) is 0 Å². The molecule has 2 unspecified atom stereocenters. The lowest BCUT2D eigenvalue weighted by Crippen LogP contribution is -2.40. The quantitative estimate of drug-likeness (QED) is 0.796. The van der Waals surface area contributed by atoms with Gasteiger partial charge in [-0.15, -0.1) is 0 Å². The van der Waals surface area contributed by atoms with Gasteiger partial charge in [-0.1, -0.05) is 13.3 Å². The lowest BCUT2D eigenvalue weighted by Gasteiger charge is -2.30. The molecule has 0 bridgehead atoms. The second-order valence-electron chi connectivity index (χ2n) is 4.32. The van der Waals surface area contributed by atoms with Gasteiger partial charge in [-0.3, -0.25) is 0 Å². The summed E-state index contributed by atoms with van der Waals surface area (Å²) in [6.45, 7) is 2.77. The number of hydrogen-bond donors (Lipinski definition) is 1. The molecular formula is C11H20F3NO. The van der Waals surface area contributed by atoms with Gasteiger partial charge in [0.05, 0.1) is 12.5 Å². The molecule has 1 rings (SSSR count). The Kier molecular flexibility index (Phi) is 5.55.